The van der Waals surface area contributed by atoms with Crippen LogP contribution >= 0.6 is 12.4 Å². The van der Waals surface area contributed by atoms with Crippen molar-refractivity contribution in [3.05, 3.63) is 30.1 Å². The molecule has 6 nitrogen and oxygen atoms in total. The molecule has 2 aromatic rings. The number of benzene rings is 1. The number of aromatic nitrogens is 3. The lowest BCUT2D eigenvalue weighted by molar-refractivity contribution is -0.120. The highest BCUT2D eigenvalue weighted by Crippen LogP contribution is 2.23. The van der Waals surface area contributed by atoms with Gasteiger partial charge in [-0.1, -0.05) is 12.1 Å². The monoisotopic (exact) mass is 349 g/mol. The summed E-state index contributed by atoms with van der Waals surface area (Å²) in [6, 6.07) is 8.17. The van der Waals surface area contributed by atoms with Gasteiger partial charge in [0.05, 0.1) is 0 Å². The Balaban J connectivity index is 0.00000208. The van der Waals surface area contributed by atoms with Gasteiger partial charge in [0.15, 0.2) is 5.82 Å². The Morgan fingerprint density at radius 3 is 2.83 bits per heavy atom. The van der Waals surface area contributed by atoms with E-state index >= 15 is 0 Å². The van der Waals surface area contributed by atoms with E-state index in [0.29, 0.717) is 6.04 Å². The van der Waals surface area contributed by atoms with Gasteiger partial charge in [0.25, 0.3) is 0 Å². The number of piperidine rings is 1. The van der Waals surface area contributed by atoms with Crippen molar-refractivity contribution in [2.75, 3.05) is 11.9 Å². The summed E-state index contributed by atoms with van der Waals surface area (Å²) in [5.41, 5.74) is 1.75. The molecule has 0 saturated carbocycles. The number of carbonyl (C=O) groups excluding carboxylic acids is 1. The van der Waals surface area contributed by atoms with Gasteiger partial charge >= 0.3 is 0 Å². The third-order valence-electron chi connectivity index (χ3n) is 4.48. The summed E-state index contributed by atoms with van der Waals surface area (Å²) in [5.74, 6) is 1.84. The molecule has 2 N–H and O–H groups in total. The standard InChI is InChI=1S/C17H23N5O.ClH/c1-11-9-14(7-8-18-11)17(23)19-15-6-4-5-13(10-15)16-21-20-12(2)22(16)3;/h4-6,10-11,14,18H,7-9H2,1-3H3,(H,19,23);1H/t11-,14-;/m0./s1. The number of nitrogens with zero attached hydrogens (tertiary/aromatic N) is 3. The fraction of sp³-hybridized carbons (Fsp3) is 0.471. The maximum atomic E-state index is 12.5. The number of carbonyl (C=O) groups is 1. The van der Waals surface area contributed by atoms with Gasteiger partial charge in [-0.3, -0.25) is 4.79 Å². The van der Waals surface area contributed by atoms with Crippen LogP contribution in [0.15, 0.2) is 24.3 Å². The van der Waals surface area contributed by atoms with Gasteiger partial charge in [-0.25, -0.2) is 0 Å². The van der Waals surface area contributed by atoms with Gasteiger partial charge < -0.3 is 15.2 Å². The average Bonchev–Trinajstić information content (AvgIpc) is 2.87. The first-order chi connectivity index (χ1) is 11.0. The third-order valence-corrected chi connectivity index (χ3v) is 4.48. The fourth-order valence-electron chi connectivity index (χ4n) is 3.01. The van der Waals surface area contributed by atoms with Gasteiger partial charge in [0, 0.05) is 30.3 Å². The lowest BCUT2D eigenvalue weighted by Crippen LogP contribution is -2.40. The SMILES string of the molecule is Cc1nnc(-c2cccc(NC(=O)[C@H]3CCN[C@@H](C)C3)c2)n1C.Cl. The second-order valence-corrected chi connectivity index (χ2v) is 6.28. The zero-order valence-corrected chi connectivity index (χ0v) is 15.1. The third kappa shape index (κ3) is 3.94. The number of aryl methyl sites for hydroxylation is 1. The molecule has 2 atom stereocenters. The lowest BCUT2D eigenvalue weighted by Gasteiger charge is -2.27. The van der Waals surface area contributed by atoms with Crippen molar-refractivity contribution in [3.63, 3.8) is 0 Å². The zero-order valence-electron chi connectivity index (χ0n) is 14.2. The minimum atomic E-state index is 0. The zero-order chi connectivity index (χ0) is 16.4. The van der Waals surface area contributed by atoms with Crippen LogP contribution in [0.4, 0.5) is 5.69 Å². The first kappa shape index (κ1) is 18.4. The van der Waals surface area contributed by atoms with Crippen LogP contribution in [0, 0.1) is 12.8 Å². The molecule has 1 fully saturated rings. The molecule has 1 aliphatic rings. The molecule has 1 amide bonds. The second-order valence-electron chi connectivity index (χ2n) is 6.28. The van der Waals surface area contributed by atoms with Crippen molar-refractivity contribution in [2.45, 2.75) is 32.7 Å². The number of hydrogen-bond donors (Lipinski definition) is 2. The smallest absolute Gasteiger partial charge is 0.227 e. The Morgan fingerprint density at radius 1 is 1.38 bits per heavy atom. The summed E-state index contributed by atoms with van der Waals surface area (Å²) in [5, 5.41) is 14.7. The van der Waals surface area contributed by atoms with Crippen molar-refractivity contribution in [1.29, 1.82) is 0 Å². The molecule has 0 spiro atoms. The van der Waals surface area contributed by atoms with Crippen molar-refractivity contribution >= 4 is 24.0 Å². The van der Waals surface area contributed by atoms with E-state index in [1.54, 1.807) is 0 Å². The number of halogens is 1. The van der Waals surface area contributed by atoms with E-state index in [1.165, 1.54) is 0 Å². The summed E-state index contributed by atoms with van der Waals surface area (Å²) in [6.45, 7) is 4.94. The summed E-state index contributed by atoms with van der Waals surface area (Å²) in [6.07, 6.45) is 1.77. The molecule has 7 heteroatoms. The van der Waals surface area contributed by atoms with Gasteiger partial charge in [-0.15, -0.1) is 22.6 Å². The van der Waals surface area contributed by atoms with E-state index in [0.717, 1.165) is 42.3 Å². The number of hydrogen-bond acceptors (Lipinski definition) is 4. The minimum absolute atomic E-state index is 0. The summed E-state index contributed by atoms with van der Waals surface area (Å²) in [7, 11) is 1.94. The van der Waals surface area contributed by atoms with Gasteiger partial charge in [-0.05, 0) is 45.4 Å². The molecule has 3 rings (SSSR count). The quantitative estimate of drug-likeness (QED) is 0.893. The molecule has 24 heavy (non-hydrogen) atoms. The molecule has 130 valence electrons. The molecule has 2 heterocycles. The fourth-order valence-corrected chi connectivity index (χ4v) is 3.01. The van der Waals surface area contributed by atoms with Crippen LogP contribution in [0.1, 0.15) is 25.6 Å². The molecular weight excluding hydrogens is 326 g/mol. The highest BCUT2D eigenvalue weighted by atomic mass is 35.5. The minimum Gasteiger partial charge on any atom is -0.326 e. The maximum Gasteiger partial charge on any atom is 0.227 e. The van der Waals surface area contributed by atoms with E-state index in [4.69, 9.17) is 0 Å². The summed E-state index contributed by atoms with van der Waals surface area (Å²) < 4.78 is 1.94. The average molecular weight is 350 g/mol. The number of nitrogens with one attached hydrogen (secondary N) is 2. The molecule has 1 aliphatic heterocycles. The van der Waals surface area contributed by atoms with E-state index < -0.39 is 0 Å². The normalized spacial score (nSPS) is 20.3. The maximum absolute atomic E-state index is 12.5. The van der Waals surface area contributed by atoms with Crippen molar-refractivity contribution in [1.82, 2.24) is 20.1 Å². The topological polar surface area (TPSA) is 71.8 Å². The van der Waals surface area contributed by atoms with Crippen LogP contribution in [0.5, 0.6) is 0 Å². The van der Waals surface area contributed by atoms with Crippen LogP contribution in [-0.4, -0.2) is 33.3 Å². The van der Waals surface area contributed by atoms with Crippen molar-refractivity contribution < 1.29 is 4.79 Å². The van der Waals surface area contributed by atoms with E-state index in [1.807, 2.05) is 42.8 Å². The highest BCUT2D eigenvalue weighted by Gasteiger charge is 2.24. The Kier molecular flexibility index (Phi) is 5.96. The van der Waals surface area contributed by atoms with Crippen LogP contribution in [0.2, 0.25) is 0 Å². The first-order valence-corrected chi connectivity index (χ1v) is 8.05. The predicted molar refractivity (Wildman–Crippen MR) is 97.2 cm³/mol. The molecule has 1 aromatic heterocycles. The highest BCUT2D eigenvalue weighted by molar-refractivity contribution is 5.93. The van der Waals surface area contributed by atoms with Crippen LogP contribution in [-0.2, 0) is 11.8 Å². The van der Waals surface area contributed by atoms with Crippen LogP contribution in [0.25, 0.3) is 11.4 Å². The lowest BCUT2D eigenvalue weighted by atomic mass is 9.92. The Labute approximate surface area is 148 Å². The summed E-state index contributed by atoms with van der Waals surface area (Å²) >= 11 is 0. The number of rotatable bonds is 3. The Hall–Kier alpha value is -1.92. The molecule has 1 aromatic carbocycles. The largest absolute Gasteiger partial charge is 0.326 e. The van der Waals surface area contributed by atoms with Crippen molar-refractivity contribution in [3.8, 4) is 11.4 Å². The van der Waals surface area contributed by atoms with E-state index in [9.17, 15) is 4.79 Å². The number of amides is 1. The molecular formula is C17H24ClN5O. The second kappa shape index (κ2) is 7.77. The molecule has 0 unspecified atom stereocenters. The van der Waals surface area contributed by atoms with E-state index in [2.05, 4.69) is 27.8 Å². The molecule has 0 aliphatic carbocycles. The Morgan fingerprint density at radius 2 is 2.17 bits per heavy atom. The van der Waals surface area contributed by atoms with Gasteiger partial charge in [0.1, 0.15) is 5.82 Å². The van der Waals surface area contributed by atoms with Crippen molar-refractivity contribution in [2.24, 2.45) is 13.0 Å². The predicted octanol–water partition coefficient (Wildman–Crippen LogP) is 2.54. The molecule has 0 radical (unpaired) electrons. The van der Waals surface area contributed by atoms with Gasteiger partial charge in [0.2, 0.25) is 5.91 Å². The number of anilines is 1. The van der Waals surface area contributed by atoms with Gasteiger partial charge in [-0.2, -0.15) is 0 Å². The molecule has 1 saturated heterocycles. The van der Waals surface area contributed by atoms with Crippen LogP contribution < -0.4 is 10.6 Å². The van der Waals surface area contributed by atoms with E-state index in [-0.39, 0.29) is 24.2 Å². The summed E-state index contributed by atoms with van der Waals surface area (Å²) in [4.78, 5) is 12.5. The Bertz CT molecular complexity index is 715. The molecule has 0 bridgehead atoms. The van der Waals surface area contributed by atoms with Crippen LogP contribution in [0.3, 0.4) is 0 Å². The first-order valence-electron chi connectivity index (χ1n) is 8.05.